The van der Waals surface area contributed by atoms with Crippen LogP contribution in [0.25, 0.3) is 0 Å². The van der Waals surface area contributed by atoms with Gasteiger partial charge in [-0.15, -0.1) is 0 Å². The molecule has 0 saturated carbocycles. The first-order chi connectivity index (χ1) is 15.3. The summed E-state index contributed by atoms with van der Waals surface area (Å²) in [6, 6.07) is 11.0. The SMILES string of the molecule is CCOC(=O)C1C2COc3ccc(Br)cc3C2N2C(=O)N(c3ccc(Cl)cc3)C(=O)[C@]12C. The van der Waals surface area contributed by atoms with Gasteiger partial charge in [0.15, 0.2) is 0 Å². The zero-order valence-electron chi connectivity index (χ0n) is 17.4. The summed E-state index contributed by atoms with van der Waals surface area (Å²) in [5.41, 5.74) is -0.251. The molecular weight excluding hydrogens is 500 g/mol. The number of amides is 3. The number of halogens is 2. The largest absolute Gasteiger partial charge is 0.493 e. The average Bonchev–Trinajstić information content (AvgIpc) is 3.14. The lowest BCUT2D eigenvalue weighted by molar-refractivity contribution is -0.154. The van der Waals surface area contributed by atoms with Crippen LogP contribution in [-0.2, 0) is 14.3 Å². The van der Waals surface area contributed by atoms with Gasteiger partial charge in [0.25, 0.3) is 5.91 Å². The van der Waals surface area contributed by atoms with Gasteiger partial charge in [-0.2, -0.15) is 0 Å². The highest BCUT2D eigenvalue weighted by Crippen LogP contribution is 2.58. The molecule has 5 rings (SSSR count). The molecule has 2 aromatic carbocycles. The van der Waals surface area contributed by atoms with Gasteiger partial charge in [0.2, 0.25) is 0 Å². The maximum atomic E-state index is 13.8. The predicted molar refractivity (Wildman–Crippen MR) is 121 cm³/mol. The normalized spacial score (nSPS) is 28.2. The van der Waals surface area contributed by atoms with E-state index in [0.29, 0.717) is 16.5 Å². The maximum absolute atomic E-state index is 13.8. The van der Waals surface area contributed by atoms with Crippen molar-refractivity contribution in [2.45, 2.75) is 25.4 Å². The van der Waals surface area contributed by atoms with Gasteiger partial charge >= 0.3 is 12.0 Å². The van der Waals surface area contributed by atoms with Crippen LogP contribution in [-0.4, -0.2) is 41.6 Å². The standard InChI is InChI=1S/C23H20BrClN2O5/c1-3-31-20(28)18-16-11-32-17-9-4-12(24)10-15(17)19(16)27-22(30)26(21(29)23(18,27)2)14-7-5-13(25)6-8-14/h4-10,16,18-19H,3,11H2,1-2H3/t16?,18?,19?,23-/m0/s1. The first kappa shape index (κ1) is 21.3. The van der Waals surface area contributed by atoms with E-state index in [-0.39, 0.29) is 13.2 Å². The molecule has 0 aliphatic carbocycles. The molecular formula is C23H20BrClN2O5. The molecule has 4 atom stereocenters. The summed E-state index contributed by atoms with van der Waals surface area (Å²) in [5.74, 6) is -1.62. The summed E-state index contributed by atoms with van der Waals surface area (Å²) in [6.07, 6.45) is 0. The van der Waals surface area contributed by atoms with Gasteiger partial charge < -0.3 is 14.4 Å². The molecule has 0 bridgehead atoms. The number of hydrogen-bond acceptors (Lipinski definition) is 5. The van der Waals surface area contributed by atoms with Crippen molar-refractivity contribution in [3.05, 3.63) is 57.5 Å². The molecule has 0 aromatic heterocycles. The third kappa shape index (κ3) is 2.82. The molecule has 3 heterocycles. The molecule has 7 nitrogen and oxygen atoms in total. The number of ether oxygens (including phenoxy) is 2. The molecule has 2 fully saturated rings. The Morgan fingerprint density at radius 3 is 2.66 bits per heavy atom. The van der Waals surface area contributed by atoms with E-state index < -0.39 is 41.3 Å². The highest BCUT2D eigenvalue weighted by molar-refractivity contribution is 9.10. The fraction of sp³-hybridized carbons (Fsp3) is 0.348. The molecule has 3 aliphatic heterocycles. The Morgan fingerprint density at radius 1 is 1.25 bits per heavy atom. The van der Waals surface area contributed by atoms with E-state index in [0.717, 1.165) is 14.9 Å². The molecule has 166 valence electrons. The second-order valence-electron chi connectivity index (χ2n) is 8.25. The topological polar surface area (TPSA) is 76.2 Å². The van der Waals surface area contributed by atoms with E-state index in [4.69, 9.17) is 21.1 Å². The minimum atomic E-state index is -1.41. The van der Waals surface area contributed by atoms with E-state index in [1.54, 1.807) is 43.0 Å². The lowest BCUT2D eigenvalue weighted by Gasteiger charge is -2.34. The van der Waals surface area contributed by atoms with E-state index >= 15 is 0 Å². The molecule has 9 heteroatoms. The number of carbonyl (C=O) groups is 3. The van der Waals surface area contributed by atoms with Crippen molar-refractivity contribution in [2.24, 2.45) is 11.8 Å². The second kappa shape index (κ2) is 7.49. The zero-order valence-corrected chi connectivity index (χ0v) is 19.7. The van der Waals surface area contributed by atoms with Crippen molar-refractivity contribution >= 4 is 51.1 Å². The number of hydrogen-bond donors (Lipinski definition) is 0. The van der Waals surface area contributed by atoms with Gasteiger partial charge in [-0.05, 0) is 56.3 Å². The molecule has 0 radical (unpaired) electrons. The van der Waals surface area contributed by atoms with Crippen molar-refractivity contribution in [3.8, 4) is 5.75 Å². The van der Waals surface area contributed by atoms with Gasteiger partial charge in [0.05, 0.1) is 30.9 Å². The summed E-state index contributed by atoms with van der Waals surface area (Å²) in [6.45, 7) is 3.75. The minimum Gasteiger partial charge on any atom is -0.493 e. The number of esters is 1. The number of imide groups is 1. The molecule has 3 amide bonds. The molecule has 32 heavy (non-hydrogen) atoms. The highest BCUT2D eigenvalue weighted by Gasteiger charge is 2.72. The average molecular weight is 520 g/mol. The Morgan fingerprint density at radius 2 is 1.97 bits per heavy atom. The van der Waals surface area contributed by atoms with Crippen molar-refractivity contribution in [1.82, 2.24) is 4.90 Å². The van der Waals surface area contributed by atoms with Gasteiger partial charge in [0, 0.05) is 21.0 Å². The molecule has 2 saturated heterocycles. The molecule has 2 aromatic rings. The van der Waals surface area contributed by atoms with Crippen molar-refractivity contribution in [3.63, 3.8) is 0 Å². The van der Waals surface area contributed by atoms with Crippen LogP contribution in [0.5, 0.6) is 5.75 Å². The van der Waals surface area contributed by atoms with Crippen molar-refractivity contribution < 1.29 is 23.9 Å². The summed E-state index contributed by atoms with van der Waals surface area (Å²) in [7, 11) is 0. The molecule has 0 spiro atoms. The number of fused-ring (bicyclic) bond motifs is 5. The minimum absolute atomic E-state index is 0.175. The van der Waals surface area contributed by atoms with Crippen LogP contribution in [0.15, 0.2) is 46.9 Å². The number of rotatable bonds is 3. The Kier molecular flexibility index (Phi) is 4.98. The second-order valence-corrected chi connectivity index (χ2v) is 9.60. The van der Waals surface area contributed by atoms with Gasteiger partial charge in [-0.3, -0.25) is 9.59 Å². The fourth-order valence-corrected chi connectivity index (χ4v) is 5.79. The third-order valence-corrected chi connectivity index (χ3v) is 7.34. The van der Waals surface area contributed by atoms with Crippen LogP contribution in [0.3, 0.4) is 0 Å². The Balaban J connectivity index is 1.69. The first-order valence-corrected chi connectivity index (χ1v) is 11.5. The van der Waals surface area contributed by atoms with Crippen LogP contribution in [0.2, 0.25) is 5.02 Å². The van der Waals surface area contributed by atoms with E-state index in [1.807, 2.05) is 18.2 Å². The van der Waals surface area contributed by atoms with Crippen LogP contribution >= 0.6 is 27.5 Å². The smallest absolute Gasteiger partial charge is 0.332 e. The first-order valence-electron chi connectivity index (χ1n) is 10.3. The zero-order chi connectivity index (χ0) is 22.8. The summed E-state index contributed by atoms with van der Waals surface area (Å²) in [4.78, 5) is 43.4. The highest BCUT2D eigenvalue weighted by atomic mass is 79.9. The summed E-state index contributed by atoms with van der Waals surface area (Å²) in [5, 5.41) is 0.493. The number of urea groups is 1. The Labute approximate surface area is 198 Å². The van der Waals surface area contributed by atoms with E-state index in [9.17, 15) is 14.4 Å². The number of benzene rings is 2. The Bertz CT molecular complexity index is 1140. The number of carbonyl (C=O) groups excluding carboxylic acids is 3. The molecule has 0 N–H and O–H groups in total. The monoisotopic (exact) mass is 518 g/mol. The van der Waals surface area contributed by atoms with E-state index in [2.05, 4.69) is 15.9 Å². The fourth-order valence-electron chi connectivity index (χ4n) is 5.28. The van der Waals surface area contributed by atoms with Crippen LogP contribution in [0.4, 0.5) is 10.5 Å². The summed E-state index contributed by atoms with van der Waals surface area (Å²) < 4.78 is 12.1. The van der Waals surface area contributed by atoms with Crippen molar-refractivity contribution in [2.75, 3.05) is 18.1 Å². The van der Waals surface area contributed by atoms with E-state index in [1.165, 1.54) is 0 Å². The van der Waals surface area contributed by atoms with Crippen LogP contribution in [0.1, 0.15) is 25.5 Å². The predicted octanol–water partition coefficient (Wildman–Crippen LogP) is 4.57. The van der Waals surface area contributed by atoms with Gasteiger partial charge in [0.1, 0.15) is 11.3 Å². The lowest BCUT2D eigenvalue weighted by Crippen LogP contribution is -2.51. The Hall–Kier alpha value is -2.58. The van der Waals surface area contributed by atoms with Gasteiger partial charge in [-0.25, -0.2) is 9.69 Å². The van der Waals surface area contributed by atoms with Crippen molar-refractivity contribution in [1.29, 1.82) is 0 Å². The number of nitrogens with zero attached hydrogens (tertiary/aromatic N) is 2. The summed E-state index contributed by atoms with van der Waals surface area (Å²) >= 11 is 9.48. The number of anilines is 1. The maximum Gasteiger partial charge on any atom is 0.332 e. The van der Waals surface area contributed by atoms with Gasteiger partial charge in [-0.1, -0.05) is 27.5 Å². The quantitative estimate of drug-likeness (QED) is 0.439. The molecule has 3 unspecified atom stereocenters. The lowest BCUT2D eigenvalue weighted by atomic mass is 9.77. The van der Waals surface area contributed by atoms with Crippen LogP contribution < -0.4 is 9.64 Å². The van der Waals surface area contributed by atoms with Crippen LogP contribution in [0, 0.1) is 11.8 Å². The molecule has 3 aliphatic rings. The third-order valence-electron chi connectivity index (χ3n) is 6.60.